The second kappa shape index (κ2) is 6.52. The van der Waals surface area contributed by atoms with Gasteiger partial charge < -0.3 is 10.2 Å². The van der Waals surface area contributed by atoms with Crippen molar-refractivity contribution in [3.8, 4) is 0 Å². The average molecular weight is 323 g/mol. The van der Waals surface area contributed by atoms with E-state index in [1.165, 1.54) is 10.9 Å². The van der Waals surface area contributed by atoms with Gasteiger partial charge in [0.1, 0.15) is 0 Å². The molecule has 4 heteroatoms. The van der Waals surface area contributed by atoms with Gasteiger partial charge in [-0.3, -0.25) is 9.78 Å². The minimum atomic E-state index is 0.337. The molecule has 1 aromatic heterocycles. The quantitative estimate of drug-likeness (QED) is 0.941. The zero-order valence-electron chi connectivity index (χ0n) is 14.2. The monoisotopic (exact) mass is 323 g/mol. The molecule has 24 heavy (non-hydrogen) atoms. The zero-order valence-corrected chi connectivity index (χ0v) is 14.2. The number of piperidine rings is 1. The maximum absolute atomic E-state index is 12.2. The molecular weight excluding hydrogens is 298 g/mol. The highest BCUT2D eigenvalue weighted by Gasteiger charge is 2.36. The van der Waals surface area contributed by atoms with E-state index >= 15 is 0 Å². The number of hydrogen-bond donors (Lipinski definition) is 1. The van der Waals surface area contributed by atoms with Crippen molar-refractivity contribution in [2.45, 2.75) is 38.8 Å². The lowest BCUT2D eigenvalue weighted by Gasteiger charge is -2.37. The van der Waals surface area contributed by atoms with Crippen LogP contribution < -0.4 is 5.32 Å². The number of nitrogens with zero attached hydrogens (tertiary/aromatic N) is 2. The van der Waals surface area contributed by atoms with Crippen LogP contribution in [-0.2, 0) is 11.3 Å². The predicted molar refractivity (Wildman–Crippen MR) is 95.5 cm³/mol. The van der Waals surface area contributed by atoms with Crippen LogP contribution in [-0.4, -0.2) is 34.9 Å². The van der Waals surface area contributed by atoms with Crippen LogP contribution in [0.5, 0.6) is 0 Å². The van der Waals surface area contributed by atoms with Crippen LogP contribution in [0.1, 0.15) is 31.7 Å². The number of aromatic nitrogens is 1. The normalized spacial score (nSPS) is 24.3. The van der Waals surface area contributed by atoms with E-state index in [1.807, 2.05) is 12.3 Å². The molecule has 2 aromatic rings. The first kappa shape index (κ1) is 15.6. The lowest BCUT2D eigenvalue weighted by atomic mass is 9.93. The molecule has 1 aromatic carbocycles. The van der Waals surface area contributed by atoms with Gasteiger partial charge in [-0.05, 0) is 36.8 Å². The molecule has 1 amide bonds. The number of pyridine rings is 1. The van der Waals surface area contributed by atoms with Crippen molar-refractivity contribution < 1.29 is 4.79 Å². The number of fused-ring (bicyclic) bond motifs is 1. The standard InChI is InChI=1S/C20H25N3O/c1-14-13-23(20(24)16-7-8-16)11-9-18(14)22-12-17-5-2-4-15-6-3-10-21-19(15)17/h2-6,10,14,16,18,22H,7-9,11-13H2,1H3/t14-,18-/m0/s1. The highest BCUT2D eigenvalue weighted by molar-refractivity contribution is 5.82. The molecular formula is C20H25N3O. The number of para-hydroxylation sites is 1. The third-order valence-corrected chi connectivity index (χ3v) is 5.41. The number of hydrogen-bond acceptors (Lipinski definition) is 3. The van der Waals surface area contributed by atoms with Gasteiger partial charge in [0.25, 0.3) is 0 Å². The highest BCUT2D eigenvalue weighted by atomic mass is 16.2. The number of carbonyl (C=O) groups excluding carboxylic acids is 1. The minimum Gasteiger partial charge on any atom is -0.342 e. The molecule has 4 rings (SSSR count). The van der Waals surface area contributed by atoms with Crippen molar-refractivity contribution in [2.75, 3.05) is 13.1 Å². The third kappa shape index (κ3) is 3.16. The molecule has 2 heterocycles. The molecule has 0 spiro atoms. The maximum atomic E-state index is 12.2. The maximum Gasteiger partial charge on any atom is 0.225 e. The molecule has 0 radical (unpaired) electrons. The van der Waals surface area contributed by atoms with Crippen LogP contribution in [0, 0.1) is 11.8 Å². The summed E-state index contributed by atoms with van der Waals surface area (Å²) in [5.41, 5.74) is 2.33. The van der Waals surface area contributed by atoms with Gasteiger partial charge in [0, 0.05) is 43.2 Å². The Morgan fingerprint density at radius 3 is 2.88 bits per heavy atom. The van der Waals surface area contributed by atoms with Gasteiger partial charge in [-0.2, -0.15) is 0 Å². The van der Waals surface area contributed by atoms with Gasteiger partial charge in [-0.15, -0.1) is 0 Å². The van der Waals surface area contributed by atoms with Gasteiger partial charge in [0.2, 0.25) is 5.91 Å². The molecule has 1 saturated heterocycles. The molecule has 1 aliphatic carbocycles. The second-order valence-electron chi connectivity index (χ2n) is 7.30. The molecule has 0 unspecified atom stereocenters. The van der Waals surface area contributed by atoms with Crippen LogP contribution in [0.2, 0.25) is 0 Å². The van der Waals surface area contributed by atoms with Gasteiger partial charge in [-0.1, -0.05) is 31.2 Å². The molecule has 2 fully saturated rings. The smallest absolute Gasteiger partial charge is 0.225 e. The van der Waals surface area contributed by atoms with E-state index in [-0.39, 0.29) is 0 Å². The molecule has 1 N–H and O–H groups in total. The van der Waals surface area contributed by atoms with E-state index in [4.69, 9.17) is 0 Å². The number of rotatable bonds is 4. The fraction of sp³-hybridized carbons (Fsp3) is 0.500. The van der Waals surface area contributed by atoms with E-state index < -0.39 is 0 Å². The van der Waals surface area contributed by atoms with Crippen molar-refractivity contribution in [2.24, 2.45) is 11.8 Å². The molecule has 126 valence electrons. The van der Waals surface area contributed by atoms with Gasteiger partial charge in [-0.25, -0.2) is 0 Å². The van der Waals surface area contributed by atoms with Crippen molar-refractivity contribution in [3.63, 3.8) is 0 Å². The van der Waals surface area contributed by atoms with Crippen molar-refractivity contribution in [1.82, 2.24) is 15.2 Å². The fourth-order valence-corrected chi connectivity index (χ4v) is 3.79. The molecule has 0 bridgehead atoms. The van der Waals surface area contributed by atoms with Crippen LogP contribution in [0.25, 0.3) is 10.9 Å². The SMILES string of the molecule is C[C@H]1CN(C(=O)C2CC2)CC[C@@H]1NCc1cccc2cccnc12. The lowest BCUT2D eigenvalue weighted by molar-refractivity contribution is -0.134. The van der Waals surface area contributed by atoms with Crippen LogP contribution in [0.3, 0.4) is 0 Å². The number of likely N-dealkylation sites (tertiary alicyclic amines) is 1. The summed E-state index contributed by atoms with van der Waals surface area (Å²) in [6, 6.07) is 10.9. The highest BCUT2D eigenvalue weighted by Crippen LogP contribution is 2.32. The van der Waals surface area contributed by atoms with Crippen LogP contribution >= 0.6 is 0 Å². The fourth-order valence-electron chi connectivity index (χ4n) is 3.79. The number of benzene rings is 1. The number of carbonyl (C=O) groups is 1. The summed E-state index contributed by atoms with van der Waals surface area (Å²) in [6.07, 6.45) is 5.09. The molecule has 4 nitrogen and oxygen atoms in total. The van der Waals surface area contributed by atoms with E-state index in [9.17, 15) is 4.79 Å². The molecule has 2 atom stereocenters. The first-order valence-corrected chi connectivity index (χ1v) is 9.07. The van der Waals surface area contributed by atoms with Crippen LogP contribution in [0.15, 0.2) is 36.5 Å². The topological polar surface area (TPSA) is 45.2 Å². The Balaban J connectivity index is 1.38. The van der Waals surface area contributed by atoms with Crippen molar-refractivity contribution in [1.29, 1.82) is 0 Å². The van der Waals surface area contributed by atoms with Crippen LogP contribution in [0.4, 0.5) is 0 Å². The van der Waals surface area contributed by atoms with Gasteiger partial charge >= 0.3 is 0 Å². The largest absolute Gasteiger partial charge is 0.342 e. The lowest BCUT2D eigenvalue weighted by Crippen LogP contribution is -2.50. The van der Waals surface area contributed by atoms with Gasteiger partial charge in [0.15, 0.2) is 0 Å². The Morgan fingerprint density at radius 1 is 1.25 bits per heavy atom. The summed E-state index contributed by atoms with van der Waals surface area (Å²) in [5.74, 6) is 1.21. The van der Waals surface area contributed by atoms with E-state index in [0.717, 1.165) is 44.4 Å². The first-order chi connectivity index (χ1) is 11.7. The Kier molecular flexibility index (Phi) is 4.23. The second-order valence-corrected chi connectivity index (χ2v) is 7.30. The summed E-state index contributed by atoms with van der Waals surface area (Å²) < 4.78 is 0. The third-order valence-electron chi connectivity index (χ3n) is 5.41. The molecule has 1 saturated carbocycles. The summed E-state index contributed by atoms with van der Waals surface area (Å²) >= 11 is 0. The molecule has 1 aliphatic heterocycles. The minimum absolute atomic E-state index is 0.337. The first-order valence-electron chi connectivity index (χ1n) is 9.07. The Hall–Kier alpha value is -1.94. The van der Waals surface area contributed by atoms with E-state index in [1.54, 1.807) is 0 Å². The van der Waals surface area contributed by atoms with Crippen molar-refractivity contribution >= 4 is 16.8 Å². The average Bonchev–Trinajstić information content (AvgIpc) is 3.45. The summed E-state index contributed by atoms with van der Waals surface area (Å²) in [5, 5.41) is 4.90. The number of amides is 1. The molecule has 2 aliphatic rings. The Labute approximate surface area is 143 Å². The van der Waals surface area contributed by atoms with E-state index in [0.29, 0.717) is 23.8 Å². The summed E-state index contributed by atoms with van der Waals surface area (Å²) in [7, 11) is 0. The number of nitrogens with one attached hydrogen (secondary N) is 1. The Morgan fingerprint density at radius 2 is 2.08 bits per heavy atom. The zero-order chi connectivity index (χ0) is 16.5. The predicted octanol–water partition coefficient (Wildman–Crippen LogP) is 2.97. The van der Waals surface area contributed by atoms with E-state index in [2.05, 4.69) is 46.4 Å². The van der Waals surface area contributed by atoms with Crippen molar-refractivity contribution in [3.05, 3.63) is 42.1 Å². The summed E-state index contributed by atoms with van der Waals surface area (Å²) in [4.78, 5) is 18.9. The van der Waals surface area contributed by atoms with Gasteiger partial charge in [0.05, 0.1) is 5.52 Å². The Bertz CT molecular complexity index is 735. The summed E-state index contributed by atoms with van der Waals surface area (Å²) in [6.45, 7) is 4.87.